The Morgan fingerprint density at radius 3 is 2.73 bits per heavy atom. The molecule has 2 aliphatic rings. The van der Waals surface area contributed by atoms with Crippen molar-refractivity contribution in [2.75, 3.05) is 23.3 Å². The number of pyridine rings is 1. The monoisotopic (exact) mass is 553 g/mol. The zero-order valence-electron chi connectivity index (χ0n) is 21.6. The number of rotatable bonds is 7. The first-order valence-corrected chi connectivity index (χ1v) is 13.8. The summed E-state index contributed by atoms with van der Waals surface area (Å²) in [5.41, 5.74) is 2.78. The van der Waals surface area contributed by atoms with Gasteiger partial charge in [0.25, 0.3) is 5.91 Å². The molecule has 40 heavy (non-hydrogen) atoms. The van der Waals surface area contributed by atoms with E-state index in [9.17, 15) is 14.4 Å². The number of aromatic nitrogens is 1. The number of carbonyl (C=O) groups excluding carboxylic acids is 3. The predicted octanol–water partition coefficient (Wildman–Crippen LogP) is 5.47. The third-order valence-corrected chi connectivity index (χ3v) is 8.13. The highest BCUT2D eigenvalue weighted by Gasteiger charge is 2.33. The highest BCUT2D eigenvalue weighted by atomic mass is 32.1. The van der Waals surface area contributed by atoms with Crippen molar-refractivity contribution < 1.29 is 19.1 Å². The molecule has 2 N–H and O–H groups in total. The largest absolute Gasteiger partial charge is 0.489 e. The first-order valence-electron chi connectivity index (χ1n) is 13.0. The van der Waals surface area contributed by atoms with E-state index in [1.54, 1.807) is 22.1 Å². The Bertz CT molecular complexity index is 1600. The minimum absolute atomic E-state index is 0.145. The number of ether oxygens (including phenoxy) is 1. The fraction of sp³-hybridized carbons (Fsp3) is 0.200. The number of benzene rings is 2. The number of hydrogen-bond acceptors (Lipinski definition) is 6. The van der Waals surface area contributed by atoms with Gasteiger partial charge in [0.1, 0.15) is 22.1 Å². The van der Waals surface area contributed by atoms with E-state index in [2.05, 4.69) is 22.2 Å². The van der Waals surface area contributed by atoms with Crippen LogP contribution in [0, 0.1) is 0 Å². The zero-order chi connectivity index (χ0) is 27.6. The van der Waals surface area contributed by atoms with Crippen LogP contribution in [0.15, 0.2) is 79.5 Å². The Kier molecular flexibility index (Phi) is 6.91. The number of para-hydroxylation sites is 1. The van der Waals surface area contributed by atoms with Gasteiger partial charge in [-0.3, -0.25) is 14.5 Å². The molecule has 10 heteroatoms. The summed E-state index contributed by atoms with van der Waals surface area (Å²) in [5, 5.41) is 6.70. The van der Waals surface area contributed by atoms with Crippen molar-refractivity contribution in [1.82, 2.24) is 15.2 Å². The fourth-order valence-corrected chi connectivity index (χ4v) is 6.12. The lowest BCUT2D eigenvalue weighted by molar-refractivity contribution is -0.127. The maximum atomic E-state index is 13.4. The average molecular weight is 554 g/mol. The molecule has 2 aliphatic heterocycles. The Morgan fingerprint density at radius 1 is 1.15 bits per heavy atom. The molecule has 202 valence electrons. The van der Waals surface area contributed by atoms with Crippen LogP contribution in [0.25, 0.3) is 10.2 Å². The Labute approximate surface area is 235 Å². The molecule has 1 atom stereocenters. The van der Waals surface area contributed by atoms with Crippen molar-refractivity contribution in [1.29, 1.82) is 0 Å². The minimum atomic E-state index is -0.360. The van der Waals surface area contributed by atoms with Gasteiger partial charge in [0.2, 0.25) is 5.91 Å². The molecule has 1 saturated heterocycles. The molecular weight excluding hydrogens is 526 g/mol. The van der Waals surface area contributed by atoms with Crippen LogP contribution < -0.4 is 20.3 Å². The van der Waals surface area contributed by atoms with E-state index in [0.29, 0.717) is 46.5 Å². The molecule has 1 fully saturated rings. The zero-order valence-corrected chi connectivity index (χ0v) is 22.4. The van der Waals surface area contributed by atoms with Crippen molar-refractivity contribution in [3.63, 3.8) is 0 Å². The molecule has 0 radical (unpaired) electrons. The lowest BCUT2D eigenvalue weighted by atomic mass is 10.1. The Hall–Kier alpha value is -4.70. The normalized spacial score (nSPS) is 16.4. The quantitative estimate of drug-likeness (QED) is 0.296. The van der Waals surface area contributed by atoms with Crippen LogP contribution in [-0.2, 0) is 11.4 Å². The van der Waals surface area contributed by atoms with Crippen LogP contribution in [0.4, 0.5) is 21.9 Å². The van der Waals surface area contributed by atoms with Crippen molar-refractivity contribution in [2.45, 2.75) is 25.5 Å². The summed E-state index contributed by atoms with van der Waals surface area (Å²) in [4.78, 5) is 47.6. The van der Waals surface area contributed by atoms with Crippen LogP contribution in [0.1, 0.15) is 28.1 Å². The molecule has 4 aromatic rings. The first kappa shape index (κ1) is 25.6. The Balaban J connectivity index is 1.23. The number of likely N-dealkylation sites (tertiary alicyclic amines) is 1. The fourth-order valence-electron chi connectivity index (χ4n) is 5.10. The summed E-state index contributed by atoms with van der Waals surface area (Å²) in [6, 6.07) is 18.4. The minimum Gasteiger partial charge on any atom is -0.489 e. The number of carbonyl (C=O) groups is 3. The third kappa shape index (κ3) is 4.89. The second kappa shape index (κ2) is 10.8. The van der Waals surface area contributed by atoms with Crippen molar-refractivity contribution in [3.8, 4) is 5.75 Å². The van der Waals surface area contributed by atoms with Gasteiger partial charge in [-0.25, -0.2) is 9.78 Å². The number of amides is 4. The van der Waals surface area contributed by atoms with Crippen molar-refractivity contribution in [3.05, 3.63) is 90.0 Å². The first-order chi connectivity index (χ1) is 19.5. The van der Waals surface area contributed by atoms with Gasteiger partial charge in [0.15, 0.2) is 0 Å². The van der Waals surface area contributed by atoms with Crippen molar-refractivity contribution >= 4 is 56.5 Å². The van der Waals surface area contributed by atoms with E-state index in [-0.39, 0.29) is 23.9 Å². The van der Waals surface area contributed by atoms with Gasteiger partial charge in [-0.05, 0) is 54.8 Å². The second-order valence-electron chi connectivity index (χ2n) is 9.65. The summed E-state index contributed by atoms with van der Waals surface area (Å²) in [5.74, 6) is 0.351. The highest BCUT2D eigenvalue weighted by molar-refractivity contribution is 7.21. The molecule has 2 aromatic heterocycles. The summed E-state index contributed by atoms with van der Waals surface area (Å²) in [6.45, 7) is 5.03. The van der Waals surface area contributed by atoms with Crippen LogP contribution in [0.3, 0.4) is 0 Å². The van der Waals surface area contributed by atoms with E-state index < -0.39 is 0 Å². The Morgan fingerprint density at radius 2 is 1.95 bits per heavy atom. The van der Waals surface area contributed by atoms with Gasteiger partial charge in [-0.15, -0.1) is 11.3 Å². The lowest BCUT2D eigenvalue weighted by Crippen LogP contribution is -2.49. The van der Waals surface area contributed by atoms with Crippen LogP contribution in [-0.4, -0.2) is 46.9 Å². The van der Waals surface area contributed by atoms with E-state index in [1.807, 2.05) is 54.6 Å². The van der Waals surface area contributed by atoms with E-state index in [0.717, 1.165) is 29.5 Å². The predicted molar refractivity (Wildman–Crippen MR) is 155 cm³/mol. The number of hydrogen-bond donors (Lipinski definition) is 2. The SMILES string of the molecule is C=CC(=O)N1CCCC(NC(=O)c2sc3nccc4c3c2NC(=O)N4c2ccc(COc3ccccc3)cc2)C1. The number of nitrogens with zero attached hydrogens (tertiary/aromatic N) is 3. The summed E-state index contributed by atoms with van der Waals surface area (Å²) < 4.78 is 5.83. The van der Waals surface area contributed by atoms with E-state index in [4.69, 9.17) is 4.74 Å². The maximum absolute atomic E-state index is 13.4. The number of thiophene rings is 1. The number of urea groups is 1. The highest BCUT2D eigenvalue weighted by Crippen LogP contribution is 2.45. The molecule has 2 aromatic carbocycles. The van der Waals surface area contributed by atoms with Gasteiger partial charge in [-0.2, -0.15) is 0 Å². The molecule has 6 rings (SSSR count). The van der Waals surface area contributed by atoms with E-state index in [1.165, 1.54) is 17.4 Å². The van der Waals surface area contributed by atoms with Gasteiger partial charge in [0, 0.05) is 25.3 Å². The van der Waals surface area contributed by atoms with Gasteiger partial charge < -0.3 is 20.3 Å². The number of piperidine rings is 1. The molecule has 4 heterocycles. The number of nitrogens with one attached hydrogen (secondary N) is 2. The maximum Gasteiger partial charge on any atom is 0.331 e. The van der Waals surface area contributed by atoms with E-state index >= 15 is 0 Å². The number of anilines is 3. The van der Waals surface area contributed by atoms with Gasteiger partial charge in [0.05, 0.1) is 22.4 Å². The van der Waals surface area contributed by atoms with Crippen LogP contribution in [0.5, 0.6) is 5.75 Å². The molecular formula is C30H27N5O4S. The van der Waals surface area contributed by atoms with Gasteiger partial charge >= 0.3 is 6.03 Å². The van der Waals surface area contributed by atoms with Crippen LogP contribution >= 0.6 is 11.3 Å². The molecule has 4 amide bonds. The molecule has 1 unspecified atom stereocenters. The summed E-state index contributed by atoms with van der Waals surface area (Å²) in [7, 11) is 0. The standard InChI is InChI=1S/C30H27N5O4S/c1-2-24(36)34-16-6-7-20(17-34)32-28(37)27-26-25-23(14-15-31-29(25)40-27)35(30(38)33-26)21-12-10-19(11-13-21)18-39-22-8-4-3-5-9-22/h2-5,8-15,20H,1,6-7,16-18H2,(H,32,37)(H,33,38). The molecule has 0 bridgehead atoms. The molecule has 0 saturated carbocycles. The third-order valence-electron chi connectivity index (χ3n) is 7.04. The summed E-state index contributed by atoms with van der Waals surface area (Å²) in [6.07, 6.45) is 4.50. The van der Waals surface area contributed by atoms with Gasteiger partial charge in [-0.1, -0.05) is 36.9 Å². The molecule has 9 nitrogen and oxygen atoms in total. The summed E-state index contributed by atoms with van der Waals surface area (Å²) >= 11 is 1.24. The average Bonchev–Trinajstić information content (AvgIpc) is 3.36. The van der Waals surface area contributed by atoms with Crippen molar-refractivity contribution in [2.24, 2.45) is 0 Å². The lowest BCUT2D eigenvalue weighted by Gasteiger charge is -2.32. The smallest absolute Gasteiger partial charge is 0.331 e. The molecule has 0 aliphatic carbocycles. The molecule has 0 spiro atoms. The topological polar surface area (TPSA) is 104 Å². The second-order valence-corrected chi connectivity index (χ2v) is 10.7. The van der Waals surface area contributed by atoms with Crippen LogP contribution in [0.2, 0.25) is 0 Å².